The van der Waals surface area contributed by atoms with Crippen LogP contribution in [-0.4, -0.2) is 31.6 Å². The van der Waals surface area contributed by atoms with Crippen molar-refractivity contribution in [3.63, 3.8) is 0 Å². The number of hydrogen-bond donors (Lipinski definition) is 0. The van der Waals surface area contributed by atoms with Gasteiger partial charge >= 0.3 is 5.97 Å². The van der Waals surface area contributed by atoms with Gasteiger partial charge in [-0.2, -0.15) is 5.26 Å². The number of carbonyl (C=O) groups is 2. The Hall–Kier alpha value is -4.57. The highest BCUT2D eigenvalue weighted by atomic mass is 16.5. The molecule has 0 saturated carbocycles. The number of allylic oxidation sites excluding steroid dienone is 1. The highest BCUT2D eigenvalue weighted by Crippen LogP contribution is 2.40. The largest absolute Gasteiger partial charge is 0.490 e. The third-order valence-electron chi connectivity index (χ3n) is 9.33. The molecular formula is C47H63NO6. The van der Waals surface area contributed by atoms with Gasteiger partial charge in [-0.25, -0.2) is 4.79 Å². The van der Waals surface area contributed by atoms with Crippen molar-refractivity contribution in [2.75, 3.05) is 19.8 Å². The smallest absolute Gasteiger partial charge is 0.343 e. The number of nitriles is 1. The van der Waals surface area contributed by atoms with Crippen LogP contribution < -0.4 is 18.9 Å². The van der Waals surface area contributed by atoms with Crippen LogP contribution in [-0.2, 0) is 0 Å². The molecule has 0 aliphatic rings. The molecule has 3 rings (SSSR count). The van der Waals surface area contributed by atoms with E-state index in [1.54, 1.807) is 66.7 Å². The zero-order valence-electron chi connectivity index (χ0n) is 33.2. The second-order valence-electron chi connectivity index (χ2n) is 14.0. The van der Waals surface area contributed by atoms with Crippen molar-refractivity contribution < 1.29 is 28.5 Å². The van der Waals surface area contributed by atoms with E-state index in [9.17, 15) is 9.59 Å². The molecule has 0 amide bonds. The summed E-state index contributed by atoms with van der Waals surface area (Å²) in [6, 6.07) is 19.0. The maximum absolute atomic E-state index is 13.6. The van der Waals surface area contributed by atoms with E-state index in [1.807, 2.05) is 0 Å². The molecule has 0 unspecified atom stereocenters. The fraction of sp³-hybridized carbons (Fsp3) is 0.511. The fourth-order valence-electron chi connectivity index (χ4n) is 6.03. The first-order valence-electron chi connectivity index (χ1n) is 20.6. The number of unbranched alkanes of at least 4 members (excludes halogenated alkanes) is 15. The number of ketones is 1. The van der Waals surface area contributed by atoms with Crippen LogP contribution >= 0.6 is 0 Å². The van der Waals surface area contributed by atoms with Gasteiger partial charge in [0.1, 0.15) is 5.75 Å². The molecule has 0 radical (unpaired) electrons. The van der Waals surface area contributed by atoms with Gasteiger partial charge in [0.2, 0.25) is 5.75 Å². The summed E-state index contributed by atoms with van der Waals surface area (Å²) < 4.78 is 24.9. The van der Waals surface area contributed by atoms with Crippen LogP contribution in [0.5, 0.6) is 23.0 Å². The summed E-state index contributed by atoms with van der Waals surface area (Å²) in [7, 11) is 0. The average Bonchev–Trinajstić information content (AvgIpc) is 3.19. The van der Waals surface area contributed by atoms with E-state index in [0.717, 1.165) is 44.1 Å². The Bertz CT molecular complexity index is 1530. The predicted molar refractivity (Wildman–Crippen MR) is 219 cm³/mol. The minimum Gasteiger partial charge on any atom is -0.490 e. The van der Waals surface area contributed by atoms with Crippen molar-refractivity contribution >= 4 is 17.8 Å². The SMILES string of the molecule is CCCCCCCCOc1cc(C(=O)Oc2ccc(/C=C/C(=O)c3ccc(C#N)cc3)cc2)cc(OCCCCCCCC)c1OCCCCCCCC. The van der Waals surface area contributed by atoms with Crippen LogP contribution in [0.25, 0.3) is 6.08 Å². The molecule has 0 atom stereocenters. The molecule has 0 N–H and O–H groups in total. The molecule has 7 heteroatoms. The minimum atomic E-state index is -0.523. The second kappa shape index (κ2) is 27.1. The molecule has 292 valence electrons. The lowest BCUT2D eigenvalue weighted by atomic mass is 10.1. The summed E-state index contributed by atoms with van der Waals surface area (Å²) in [5, 5.41) is 9.00. The number of rotatable bonds is 29. The second-order valence-corrected chi connectivity index (χ2v) is 14.0. The number of nitrogens with zero attached hydrogens (tertiary/aromatic N) is 1. The first-order valence-corrected chi connectivity index (χ1v) is 20.6. The standard InChI is InChI=1S/C47H63NO6/c1-4-7-10-13-16-19-32-51-44-35-41(36-45(52-33-20-17-14-11-8-5-2)46(44)53-34-21-18-15-12-9-6-3)47(50)54-42-29-24-38(25-30-42)26-31-43(49)40-27-22-39(37-48)23-28-40/h22-31,35-36H,4-21,32-34H2,1-3H3/b31-26+. The maximum atomic E-state index is 13.6. The zero-order chi connectivity index (χ0) is 38.6. The molecule has 0 bridgehead atoms. The summed E-state index contributed by atoms with van der Waals surface area (Å²) in [5.41, 5.74) is 2.11. The van der Waals surface area contributed by atoms with Crippen molar-refractivity contribution in [2.45, 2.75) is 136 Å². The number of ether oxygens (including phenoxy) is 4. The number of esters is 1. The Labute approximate surface area is 325 Å². The van der Waals surface area contributed by atoms with Crippen molar-refractivity contribution in [3.05, 3.63) is 89.0 Å². The number of carbonyl (C=O) groups excluding carboxylic acids is 2. The van der Waals surface area contributed by atoms with Crippen molar-refractivity contribution in [1.29, 1.82) is 5.26 Å². The summed E-state index contributed by atoms with van der Waals surface area (Å²) in [6.07, 6.45) is 23.9. The topological polar surface area (TPSA) is 94.9 Å². The van der Waals surface area contributed by atoms with Gasteiger partial charge in [-0.15, -0.1) is 0 Å². The van der Waals surface area contributed by atoms with Gasteiger partial charge in [0.15, 0.2) is 17.3 Å². The fourth-order valence-corrected chi connectivity index (χ4v) is 6.03. The van der Waals surface area contributed by atoms with Gasteiger partial charge < -0.3 is 18.9 Å². The summed E-state index contributed by atoms with van der Waals surface area (Å²) in [4.78, 5) is 26.2. The Balaban J connectivity index is 1.75. The molecule has 3 aromatic rings. The Morgan fingerprint density at radius 2 is 1.04 bits per heavy atom. The molecule has 0 aliphatic carbocycles. The van der Waals surface area contributed by atoms with E-state index >= 15 is 0 Å². The minimum absolute atomic E-state index is 0.168. The Kier molecular flexibility index (Phi) is 22.0. The molecular weight excluding hydrogens is 675 g/mol. The lowest BCUT2D eigenvalue weighted by Crippen LogP contribution is -2.12. The molecule has 0 heterocycles. The molecule has 0 saturated heterocycles. The maximum Gasteiger partial charge on any atom is 0.343 e. The third-order valence-corrected chi connectivity index (χ3v) is 9.33. The van der Waals surface area contributed by atoms with E-state index < -0.39 is 5.97 Å². The molecule has 54 heavy (non-hydrogen) atoms. The van der Waals surface area contributed by atoms with Gasteiger partial charge in [0.25, 0.3) is 0 Å². The lowest BCUT2D eigenvalue weighted by molar-refractivity contribution is 0.0733. The van der Waals surface area contributed by atoms with Gasteiger partial charge in [-0.3, -0.25) is 4.79 Å². The Morgan fingerprint density at radius 3 is 1.52 bits per heavy atom. The third kappa shape index (κ3) is 17.1. The quantitative estimate of drug-likeness (QED) is 0.0230. The monoisotopic (exact) mass is 737 g/mol. The summed E-state index contributed by atoms with van der Waals surface area (Å²) in [5.74, 6) is 1.26. The van der Waals surface area contributed by atoms with E-state index in [4.69, 9.17) is 24.2 Å². The van der Waals surface area contributed by atoms with E-state index in [1.165, 1.54) is 83.1 Å². The van der Waals surface area contributed by atoms with E-state index in [-0.39, 0.29) is 5.78 Å². The summed E-state index contributed by atoms with van der Waals surface area (Å²) >= 11 is 0. The van der Waals surface area contributed by atoms with Crippen LogP contribution in [0.15, 0.2) is 66.7 Å². The summed E-state index contributed by atoms with van der Waals surface area (Å²) in [6.45, 7) is 8.27. The van der Waals surface area contributed by atoms with Gasteiger partial charge in [0, 0.05) is 5.56 Å². The molecule has 0 fully saturated rings. The van der Waals surface area contributed by atoms with Crippen LogP contribution in [0, 0.1) is 11.3 Å². The first-order chi connectivity index (χ1) is 26.5. The van der Waals surface area contributed by atoms with E-state index in [2.05, 4.69) is 26.8 Å². The number of hydrogen-bond acceptors (Lipinski definition) is 7. The molecule has 0 aromatic heterocycles. The molecule has 0 spiro atoms. The lowest BCUT2D eigenvalue weighted by Gasteiger charge is -2.19. The van der Waals surface area contributed by atoms with E-state index in [0.29, 0.717) is 59.5 Å². The van der Waals surface area contributed by atoms with Crippen molar-refractivity contribution in [1.82, 2.24) is 0 Å². The van der Waals surface area contributed by atoms with Crippen LogP contribution in [0.3, 0.4) is 0 Å². The van der Waals surface area contributed by atoms with Gasteiger partial charge in [0.05, 0.1) is 37.0 Å². The number of benzene rings is 3. The highest BCUT2D eigenvalue weighted by molar-refractivity contribution is 6.06. The normalized spacial score (nSPS) is 11.0. The van der Waals surface area contributed by atoms with Crippen molar-refractivity contribution in [3.8, 4) is 29.1 Å². The van der Waals surface area contributed by atoms with Crippen LogP contribution in [0.1, 0.15) is 168 Å². The van der Waals surface area contributed by atoms with Crippen molar-refractivity contribution in [2.24, 2.45) is 0 Å². The molecule has 3 aromatic carbocycles. The van der Waals surface area contributed by atoms with Gasteiger partial charge in [-0.05, 0) is 79.4 Å². The van der Waals surface area contributed by atoms with Crippen LogP contribution in [0.4, 0.5) is 0 Å². The highest BCUT2D eigenvalue weighted by Gasteiger charge is 2.20. The first kappa shape index (κ1) is 43.8. The Morgan fingerprint density at radius 1 is 0.574 bits per heavy atom. The van der Waals surface area contributed by atoms with Gasteiger partial charge in [-0.1, -0.05) is 135 Å². The zero-order valence-corrected chi connectivity index (χ0v) is 33.2. The molecule has 0 aliphatic heterocycles. The average molecular weight is 738 g/mol. The molecule has 7 nitrogen and oxygen atoms in total. The predicted octanol–water partition coefficient (Wildman–Crippen LogP) is 12.9. The van der Waals surface area contributed by atoms with Crippen LogP contribution in [0.2, 0.25) is 0 Å².